The number of aryl methyl sites for hydroxylation is 2. The fraction of sp³-hybridized carbons (Fsp3) is 0.242. The van der Waals surface area contributed by atoms with Gasteiger partial charge in [0.15, 0.2) is 0 Å². The van der Waals surface area contributed by atoms with Gasteiger partial charge in [-0.2, -0.15) is 0 Å². The first-order valence-electron chi connectivity index (χ1n) is 13.4. The number of carbonyl (C=O) groups excluding carboxylic acids is 1. The molecule has 0 aromatic heterocycles. The molecule has 0 spiro atoms. The lowest BCUT2D eigenvalue weighted by molar-refractivity contribution is -0.131. The van der Waals surface area contributed by atoms with Crippen molar-refractivity contribution in [2.45, 2.75) is 49.6 Å². The van der Waals surface area contributed by atoms with E-state index in [1.807, 2.05) is 42.5 Å². The maximum absolute atomic E-state index is 13.4. The van der Waals surface area contributed by atoms with E-state index in [0.717, 1.165) is 16.7 Å². The van der Waals surface area contributed by atoms with Gasteiger partial charge in [-0.1, -0.05) is 66.2 Å². The van der Waals surface area contributed by atoms with Crippen LogP contribution in [0.15, 0.2) is 101 Å². The molecule has 0 heterocycles. The quantitative estimate of drug-likeness (QED) is 0.158. The Morgan fingerprint density at radius 1 is 0.878 bits per heavy atom. The van der Waals surface area contributed by atoms with Crippen LogP contribution in [0.2, 0.25) is 5.02 Å². The molecule has 1 atom stereocenters. The zero-order valence-corrected chi connectivity index (χ0v) is 25.0. The average Bonchev–Trinajstić information content (AvgIpc) is 2.94. The number of aliphatic hydroxyl groups is 1. The Morgan fingerprint density at radius 3 is 2.15 bits per heavy atom. The molecule has 0 aliphatic heterocycles. The summed E-state index contributed by atoms with van der Waals surface area (Å²) in [5.41, 5.74) is 4.04. The van der Waals surface area contributed by atoms with Crippen molar-refractivity contribution in [3.8, 4) is 5.75 Å². The number of sulfone groups is 1. The SMILES string of the molecule is CC(=O)Oc1c(C)cc(S(=O)(=O)c2ccc(CCN(Cc3ccccc3)C[C@@H](O)c3cccc(Cl)c3)cc2)cc1C. The summed E-state index contributed by atoms with van der Waals surface area (Å²) in [6, 6.07) is 27.3. The highest BCUT2D eigenvalue weighted by Gasteiger charge is 2.21. The van der Waals surface area contributed by atoms with Crippen molar-refractivity contribution in [3.63, 3.8) is 0 Å². The van der Waals surface area contributed by atoms with Crippen LogP contribution in [0.5, 0.6) is 5.75 Å². The van der Waals surface area contributed by atoms with Gasteiger partial charge in [0.25, 0.3) is 0 Å². The summed E-state index contributed by atoms with van der Waals surface area (Å²) in [5.74, 6) is -0.0731. The molecule has 0 aliphatic rings. The lowest BCUT2D eigenvalue weighted by Gasteiger charge is -2.25. The van der Waals surface area contributed by atoms with Crippen LogP contribution in [0.25, 0.3) is 0 Å². The van der Waals surface area contributed by atoms with E-state index in [4.69, 9.17) is 16.3 Å². The van der Waals surface area contributed by atoms with E-state index < -0.39 is 21.9 Å². The van der Waals surface area contributed by atoms with Crippen molar-refractivity contribution in [1.82, 2.24) is 4.90 Å². The lowest BCUT2D eigenvalue weighted by Crippen LogP contribution is -2.30. The van der Waals surface area contributed by atoms with Crippen molar-refractivity contribution >= 4 is 27.4 Å². The Balaban J connectivity index is 1.48. The van der Waals surface area contributed by atoms with Crippen molar-refractivity contribution in [1.29, 1.82) is 0 Å². The second-order valence-corrected chi connectivity index (χ2v) is 12.6. The number of carbonyl (C=O) groups is 1. The molecule has 8 heteroatoms. The van der Waals surface area contributed by atoms with Crippen molar-refractivity contribution in [3.05, 3.63) is 124 Å². The van der Waals surface area contributed by atoms with Crippen LogP contribution in [0, 0.1) is 13.8 Å². The predicted octanol–water partition coefficient (Wildman–Crippen LogP) is 6.49. The molecular formula is C33H34ClNO5S. The summed E-state index contributed by atoms with van der Waals surface area (Å²) in [7, 11) is -3.76. The van der Waals surface area contributed by atoms with Gasteiger partial charge in [-0.3, -0.25) is 9.69 Å². The molecule has 214 valence electrons. The minimum absolute atomic E-state index is 0.153. The summed E-state index contributed by atoms with van der Waals surface area (Å²) in [5, 5.41) is 11.5. The number of rotatable bonds is 11. The molecule has 0 unspecified atom stereocenters. The van der Waals surface area contributed by atoms with Gasteiger partial charge in [-0.15, -0.1) is 0 Å². The average molecular weight is 592 g/mol. The molecule has 0 saturated heterocycles. The van der Waals surface area contributed by atoms with Gasteiger partial charge in [0, 0.05) is 31.6 Å². The van der Waals surface area contributed by atoms with Crippen molar-refractivity contribution < 1.29 is 23.1 Å². The first kappa shape index (κ1) is 30.5. The van der Waals surface area contributed by atoms with Crippen LogP contribution in [0.3, 0.4) is 0 Å². The van der Waals surface area contributed by atoms with Crippen LogP contribution in [0.1, 0.15) is 40.8 Å². The minimum atomic E-state index is -3.76. The molecule has 0 fully saturated rings. The molecule has 1 N–H and O–H groups in total. The molecule has 0 bridgehead atoms. The van der Waals surface area contributed by atoms with Crippen LogP contribution in [-0.4, -0.2) is 37.5 Å². The number of nitrogens with zero attached hydrogens (tertiary/aromatic N) is 1. The molecule has 4 rings (SSSR count). The summed E-state index contributed by atoms with van der Waals surface area (Å²) >= 11 is 6.14. The van der Waals surface area contributed by atoms with Crippen LogP contribution >= 0.6 is 11.6 Å². The fourth-order valence-electron chi connectivity index (χ4n) is 4.77. The van der Waals surface area contributed by atoms with E-state index in [2.05, 4.69) is 17.0 Å². The molecule has 41 heavy (non-hydrogen) atoms. The Bertz CT molecular complexity index is 1580. The van der Waals surface area contributed by atoms with E-state index >= 15 is 0 Å². The van der Waals surface area contributed by atoms with Gasteiger partial charge in [-0.05, 0) is 84.5 Å². The third kappa shape index (κ3) is 8.05. The Labute approximate surface area is 247 Å². The molecule has 0 amide bonds. The zero-order valence-electron chi connectivity index (χ0n) is 23.4. The molecule has 0 aliphatic carbocycles. The summed E-state index contributed by atoms with van der Waals surface area (Å²) in [4.78, 5) is 13.9. The highest BCUT2D eigenvalue weighted by Crippen LogP contribution is 2.30. The van der Waals surface area contributed by atoms with E-state index in [-0.39, 0.29) is 9.79 Å². The van der Waals surface area contributed by atoms with E-state index in [1.165, 1.54) is 19.1 Å². The maximum Gasteiger partial charge on any atom is 0.308 e. The third-order valence-electron chi connectivity index (χ3n) is 6.85. The molecule has 4 aromatic rings. The Hall–Kier alpha value is -3.49. The topological polar surface area (TPSA) is 83.9 Å². The highest BCUT2D eigenvalue weighted by molar-refractivity contribution is 7.91. The lowest BCUT2D eigenvalue weighted by atomic mass is 10.1. The predicted molar refractivity (Wildman–Crippen MR) is 161 cm³/mol. The van der Waals surface area contributed by atoms with E-state index in [1.54, 1.807) is 38.1 Å². The van der Waals surface area contributed by atoms with Crippen molar-refractivity contribution in [2.75, 3.05) is 13.1 Å². The van der Waals surface area contributed by atoms with E-state index in [9.17, 15) is 18.3 Å². The number of halogens is 1. The van der Waals surface area contributed by atoms with Crippen LogP contribution < -0.4 is 4.74 Å². The minimum Gasteiger partial charge on any atom is -0.426 e. The van der Waals surface area contributed by atoms with Crippen LogP contribution in [0.4, 0.5) is 0 Å². The fourth-order valence-corrected chi connectivity index (χ4v) is 6.40. The number of esters is 1. The number of aliphatic hydroxyl groups excluding tert-OH is 1. The Kier molecular flexibility index (Phi) is 9.99. The second-order valence-electron chi connectivity index (χ2n) is 10.2. The van der Waals surface area contributed by atoms with Gasteiger partial charge in [0.2, 0.25) is 9.84 Å². The smallest absolute Gasteiger partial charge is 0.308 e. The van der Waals surface area contributed by atoms with Gasteiger partial charge in [-0.25, -0.2) is 8.42 Å². The van der Waals surface area contributed by atoms with Crippen molar-refractivity contribution in [2.24, 2.45) is 0 Å². The molecule has 0 saturated carbocycles. The standard InChI is InChI=1S/C33H34ClNO5S/c1-23-18-31(19-24(2)33(23)40-25(3)36)41(38,39)30-14-12-26(13-15-30)16-17-35(21-27-8-5-4-6-9-27)22-32(37)28-10-7-11-29(34)20-28/h4-15,18-20,32,37H,16-17,21-22H2,1-3H3/t32-/m1/s1. The Morgan fingerprint density at radius 2 is 1.54 bits per heavy atom. The summed E-state index contributed by atoms with van der Waals surface area (Å²) in [6.45, 7) is 6.49. The zero-order chi connectivity index (χ0) is 29.6. The number of hydrogen-bond donors (Lipinski definition) is 1. The number of benzene rings is 4. The largest absolute Gasteiger partial charge is 0.426 e. The summed E-state index contributed by atoms with van der Waals surface area (Å²) in [6.07, 6.45) is -0.0332. The number of ether oxygens (including phenoxy) is 1. The van der Waals surface area contributed by atoms with E-state index in [0.29, 0.717) is 48.0 Å². The molecule has 6 nitrogen and oxygen atoms in total. The number of hydrogen-bond acceptors (Lipinski definition) is 6. The van der Waals surface area contributed by atoms with Crippen LogP contribution in [-0.2, 0) is 27.6 Å². The van der Waals surface area contributed by atoms with Gasteiger partial charge in [0.1, 0.15) is 5.75 Å². The molecule has 4 aromatic carbocycles. The first-order chi connectivity index (χ1) is 19.5. The second kappa shape index (κ2) is 13.4. The first-order valence-corrected chi connectivity index (χ1v) is 15.2. The van der Waals surface area contributed by atoms with Gasteiger partial charge in [0.05, 0.1) is 15.9 Å². The summed E-state index contributed by atoms with van der Waals surface area (Å²) < 4.78 is 32.0. The normalized spacial score (nSPS) is 12.3. The highest BCUT2D eigenvalue weighted by atomic mass is 35.5. The van der Waals surface area contributed by atoms with Gasteiger partial charge >= 0.3 is 5.97 Å². The third-order valence-corrected chi connectivity index (χ3v) is 8.84. The van der Waals surface area contributed by atoms with Gasteiger partial charge < -0.3 is 9.84 Å². The monoisotopic (exact) mass is 591 g/mol. The maximum atomic E-state index is 13.4. The molecular weight excluding hydrogens is 558 g/mol. The molecule has 0 radical (unpaired) electrons.